The molecule has 6 heteroatoms. The highest BCUT2D eigenvalue weighted by molar-refractivity contribution is 7.16. The summed E-state index contributed by atoms with van der Waals surface area (Å²) in [5.41, 5.74) is 4.14. The minimum Gasteiger partial charge on any atom is -0.494 e. The van der Waals surface area contributed by atoms with Crippen LogP contribution < -0.4 is 14.8 Å². The zero-order chi connectivity index (χ0) is 24.8. The fraction of sp³-hybridized carbons (Fsp3) is 0.241. The van der Waals surface area contributed by atoms with Crippen molar-refractivity contribution < 1.29 is 14.3 Å². The van der Waals surface area contributed by atoms with Crippen LogP contribution in [0.3, 0.4) is 0 Å². The molecule has 1 aromatic heterocycles. The van der Waals surface area contributed by atoms with Gasteiger partial charge in [0.1, 0.15) is 11.5 Å². The third-order valence-electron chi connectivity index (χ3n) is 5.92. The van der Waals surface area contributed by atoms with Crippen molar-refractivity contribution in [3.63, 3.8) is 0 Å². The molecule has 0 aliphatic carbocycles. The zero-order valence-electron chi connectivity index (χ0n) is 20.5. The zero-order valence-corrected chi connectivity index (χ0v) is 21.3. The van der Waals surface area contributed by atoms with Crippen LogP contribution in [0.25, 0.3) is 11.3 Å². The second kappa shape index (κ2) is 10.7. The van der Waals surface area contributed by atoms with Crippen LogP contribution in [-0.4, -0.2) is 24.1 Å². The number of rotatable bonds is 9. The van der Waals surface area contributed by atoms with E-state index in [4.69, 9.17) is 9.47 Å². The predicted octanol–water partition coefficient (Wildman–Crippen LogP) is 6.86. The fourth-order valence-corrected chi connectivity index (χ4v) is 4.74. The molecule has 1 amide bonds. The summed E-state index contributed by atoms with van der Waals surface area (Å²) in [6.07, 6.45) is 0. The number of hydrogen-bond acceptors (Lipinski definition) is 5. The monoisotopic (exact) mass is 486 g/mol. The molecule has 0 spiro atoms. The van der Waals surface area contributed by atoms with Crippen LogP contribution in [0.4, 0.5) is 5.13 Å². The molecule has 0 radical (unpaired) electrons. The molecule has 0 saturated heterocycles. The molecule has 0 unspecified atom stereocenters. The van der Waals surface area contributed by atoms with E-state index < -0.39 is 0 Å². The third-order valence-corrected chi connectivity index (χ3v) is 6.81. The van der Waals surface area contributed by atoms with E-state index in [9.17, 15) is 4.79 Å². The van der Waals surface area contributed by atoms with Gasteiger partial charge < -0.3 is 9.47 Å². The number of nitrogens with zero attached hydrogens (tertiary/aromatic N) is 1. The van der Waals surface area contributed by atoms with E-state index in [1.165, 1.54) is 22.5 Å². The lowest BCUT2D eigenvalue weighted by Gasteiger charge is -2.26. The molecule has 4 aromatic rings. The first-order valence-corrected chi connectivity index (χ1v) is 12.5. The van der Waals surface area contributed by atoms with Crippen LogP contribution in [0, 0.1) is 6.92 Å². The Morgan fingerprint density at radius 1 is 0.886 bits per heavy atom. The summed E-state index contributed by atoms with van der Waals surface area (Å²) in [7, 11) is 0. The highest BCUT2D eigenvalue weighted by Crippen LogP contribution is 2.33. The number of benzene rings is 3. The topological polar surface area (TPSA) is 60.5 Å². The number of ether oxygens (including phenoxy) is 2. The molecule has 0 fully saturated rings. The van der Waals surface area contributed by atoms with Crippen LogP contribution in [0.1, 0.15) is 36.8 Å². The normalized spacial score (nSPS) is 11.2. The van der Waals surface area contributed by atoms with Gasteiger partial charge in [-0.25, -0.2) is 4.98 Å². The largest absolute Gasteiger partial charge is 0.494 e. The van der Waals surface area contributed by atoms with E-state index in [-0.39, 0.29) is 17.9 Å². The number of thiazole rings is 1. The average Bonchev–Trinajstić information content (AvgIpc) is 3.24. The van der Waals surface area contributed by atoms with Crippen molar-refractivity contribution in [3.05, 3.63) is 94.9 Å². The second-order valence-corrected chi connectivity index (χ2v) is 9.94. The summed E-state index contributed by atoms with van der Waals surface area (Å²) >= 11 is 1.45. The number of hydrogen-bond donors (Lipinski definition) is 1. The van der Waals surface area contributed by atoms with Gasteiger partial charge in [0, 0.05) is 15.9 Å². The van der Waals surface area contributed by atoms with Crippen molar-refractivity contribution in [2.45, 2.75) is 33.1 Å². The van der Waals surface area contributed by atoms with Crippen LogP contribution in [-0.2, 0) is 10.2 Å². The molecule has 5 nitrogen and oxygen atoms in total. The number of carbonyl (C=O) groups is 1. The maximum atomic E-state index is 12.5. The first kappa shape index (κ1) is 24.5. The molecule has 0 aliphatic rings. The maximum Gasteiger partial charge on any atom is 0.264 e. The average molecular weight is 487 g/mol. The summed E-state index contributed by atoms with van der Waals surface area (Å²) in [4.78, 5) is 18.1. The van der Waals surface area contributed by atoms with E-state index in [0.717, 1.165) is 21.9 Å². The summed E-state index contributed by atoms with van der Waals surface area (Å²) in [6, 6.07) is 26.1. The minimum absolute atomic E-state index is 0.0849. The Balaban J connectivity index is 1.34. The molecular weight excluding hydrogens is 456 g/mol. The van der Waals surface area contributed by atoms with Gasteiger partial charge in [-0.15, -0.1) is 11.3 Å². The van der Waals surface area contributed by atoms with Crippen LogP contribution in [0.15, 0.2) is 78.9 Å². The van der Waals surface area contributed by atoms with E-state index in [1.54, 1.807) is 0 Å². The van der Waals surface area contributed by atoms with Crippen LogP contribution in [0.5, 0.6) is 11.5 Å². The number of aryl methyl sites for hydroxylation is 1. The summed E-state index contributed by atoms with van der Waals surface area (Å²) in [6.45, 7) is 8.89. The number of amides is 1. The first-order valence-electron chi connectivity index (χ1n) is 11.7. The molecule has 35 heavy (non-hydrogen) atoms. The Hall–Kier alpha value is -3.64. The van der Waals surface area contributed by atoms with Crippen molar-refractivity contribution >= 4 is 22.4 Å². The van der Waals surface area contributed by atoms with Gasteiger partial charge in [-0.05, 0) is 61.4 Å². The Bertz CT molecular complexity index is 1260. The smallest absolute Gasteiger partial charge is 0.264 e. The SMILES string of the molecule is CCOc1ccc(-c2nc(NC(=O)COc3ccc(C(C)(C)c4ccccc4)cc3)sc2C)cc1. The first-order chi connectivity index (χ1) is 16.9. The summed E-state index contributed by atoms with van der Waals surface area (Å²) < 4.78 is 11.2. The van der Waals surface area contributed by atoms with Gasteiger partial charge in [0.15, 0.2) is 11.7 Å². The molecule has 0 aliphatic heterocycles. The predicted molar refractivity (Wildman–Crippen MR) is 143 cm³/mol. The highest BCUT2D eigenvalue weighted by atomic mass is 32.1. The lowest BCUT2D eigenvalue weighted by atomic mass is 9.78. The van der Waals surface area contributed by atoms with Crippen molar-refractivity contribution in [2.75, 3.05) is 18.5 Å². The van der Waals surface area contributed by atoms with Crippen molar-refractivity contribution in [1.82, 2.24) is 4.98 Å². The second-order valence-electron chi connectivity index (χ2n) is 8.73. The molecular formula is C29H30N2O3S. The third kappa shape index (κ3) is 5.89. The van der Waals surface area contributed by atoms with Crippen molar-refractivity contribution in [2.24, 2.45) is 0 Å². The van der Waals surface area contributed by atoms with Gasteiger partial charge in [-0.1, -0.05) is 56.3 Å². The quantitative estimate of drug-likeness (QED) is 0.281. The highest BCUT2D eigenvalue weighted by Gasteiger charge is 2.22. The number of anilines is 1. The fourth-order valence-electron chi connectivity index (χ4n) is 3.89. The van der Waals surface area contributed by atoms with Crippen molar-refractivity contribution in [3.8, 4) is 22.8 Å². The molecule has 0 bridgehead atoms. The summed E-state index contributed by atoms with van der Waals surface area (Å²) in [5.74, 6) is 1.23. The molecule has 0 saturated carbocycles. The standard InChI is InChI=1S/C29H30N2O3S/c1-5-33-24-15-11-21(12-16-24)27-20(2)35-28(31-27)30-26(32)19-34-25-17-13-23(14-18-25)29(3,4)22-9-7-6-8-10-22/h6-18H,5,19H2,1-4H3,(H,30,31,32). The molecule has 4 rings (SSSR count). The van der Waals surface area contributed by atoms with Crippen LogP contribution >= 0.6 is 11.3 Å². The number of nitrogens with one attached hydrogen (secondary N) is 1. The van der Waals surface area contributed by atoms with E-state index >= 15 is 0 Å². The molecule has 3 aromatic carbocycles. The lowest BCUT2D eigenvalue weighted by molar-refractivity contribution is -0.118. The minimum atomic E-state index is -0.245. The van der Waals surface area contributed by atoms with Crippen LogP contribution in [0.2, 0.25) is 0 Å². The Kier molecular flexibility index (Phi) is 7.51. The Labute approximate surface area is 210 Å². The lowest BCUT2D eigenvalue weighted by Crippen LogP contribution is -2.20. The van der Waals surface area contributed by atoms with E-state index in [0.29, 0.717) is 17.5 Å². The molecule has 180 valence electrons. The van der Waals surface area contributed by atoms with E-state index in [1.807, 2.05) is 68.4 Å². The van der Waals surface area contributed by atoms with Gasteiger partial charge in [0.25, 0.3) is 5.91 Å². The summed E-state index contributed by atoms with van der Waals surface area (Å²) in [5, 5.41) is 3.41. The van der Waals surface area contributed by atoms with Gasteiger partial charge in [0.2, 0.25) is 0 Å². The molecule has 1 heterocycles. The number of aromatic nitrogens is 1. The van der Waals surface area contributed by atoms with Crippen molar-refractivity contribution in [1.29, 1.82) is 0 Å². The maximum absolute atomic E-state index is 12.5. The number of carbonyl (C=O) groups excluding carboxylic acids is 1. The molecule has 1 N–H and O–H groups in total. The van der Waals surface area contributed by atoms with Gasteiger partial charge >= 0.3 is 0 Å². The molecule has 0 atom stereocenters. The van der Waals surface area contributed by atoms with Gasteiger partial charge in [-0.2, -0.15) is 0 Å². The van der Waals surface area contributed by atoms with E-state index in [2.05, 4.69) is 48.4 Å². The Morgan fingerprint density at radius 3 is 2.14 bits per heavy atom. The van der Waals surface area contributed by atoms with Gasteiger partial charge in [-0.3, -0.25) is 10.1 Å². The van der Waals surface area contributed by atoms with Gasteiger partial charge in [0.05, 0.1) is 12.3 Å². The Morgan fingerprint density at radius 2 is 1.49 bits per heavy atom.